The van der Waals surface area contributed by atoms with Crippen LogP contribution in [0.2, 0.25) is 0 Å². The smallest absolute Gasteiger partial charge is 0.339 e. The molecule has 1 aromatic carbocycles. The monoisotopic (exact) mass is 330 g/mol. The van der Waals surface area contributed by atoms with Crippen molar-refractivity contribution < 1.29 is 19.4 Å². The van der Waals surface area contributed by atoms with E-state index in [9.17, 15) is 14.7 Å². The summed E-state index contributed by atoms with van der Waals surface area (Å²) in [5.74, 6) is -0.123. The normalized spacial score (nSPS) is 13.9. The number of aromatic nitrogens is 1. The third-order valence-electron chi connectivity index (χ3n) is 3.87. The van der Waals surface area contributed by atoms with E-state index in [2.05, 4.69) is 15.6 Å². The molecule has 0 bridgehead atoms. The van der Waals surface area contributed by atoms with Gasteiger partial charge in [0.05, 0.1) is 12.6 Å². The highest BCUT2D eigenvalue weighted by Crippen LogP contribution is 2.24. The summed E-state index contributed by atoms with van der Waals surface area (Å²) in [6.45, 7) is 2.17. The molecule has 1 fully saturated rings. The highest BCUT2D eigenvalue weighted by Gasteiger charge is 2.19. The van der Waals surface area contributed by atoms with Gasteiger partial charge in [-0.25, -0.2) is 14.6 Å². The maximum atomic E-state index is 11.5. The van der Waals surface area contributed by atoms with E-state index in [0.717, 1.165) is 5.39 Å². The SMILES string of the molecule is COc1ccc2cc(C(=O)O)c(NCCN3CCNC3=O)nc2c1. The Hall–Kier alpha value is -3.03. The molecule has 1 aliphatic rings. The first-order valence-electron chi connectivity index (χ1n) is 7.57. The van der Waals surface area contributed by atoms with Crippen LogP contribution < -0.4 is 15.4 Å². The molecular weight excluding hydrogens is 312 g/mol. The third-order valence-corrected chi connectivity index (χ3v) is 3.87. The van der Waals surface area contributed by atoms with E-state index < -0.39 is 5.97 Å². The number of nitrogens with one attached hydrogen (secondary N) is 2. The van der Waals surface area contributed by atoms with E-state index in [4.69, 9.17) is 4.74 Å². The number of nitrogens with zero attached hydrogens (tertiary/aromatic N) is 2. The Morgan fingerprint density at radius 1 is 1.46 bits per heavy atom. The maximum Gasteiger partial charge on any atom is 0.339 e. The number of carboxylic acid groups (broad SMARTS) is 1. The van der Waals surface area contributed by atoms with Gasteiger partial charge in [-0.2, -0.15) is 0 Å². The Kier molecular flexibility index (Phi) is 4.37. The minimum atomic E-state index is -1.05. The minimum absolute atomic E-state index is 0.0959. The number of carboxylic acids is 1. The number of rotatable bonds is 6. The second-order valence-electron chi connectivity index (χ2n) is 5.39. The van der Waals surface area contributed by atoms with Gasteiger partial charge in [-0.05, 0) is 18.2 Å². The molecule has 2 heterocycles. The van der Waals surface area contributed by atoms with Crippen molar-refractivity contribution in [2.24, 2.45) is 0 Å². The number of hydrogen-bond acceptors (Lipinski definition) is 5. The molecule has 1 aromatic heterocycles. The van der Waals surface area contributed by atoms with Crippen LogP contribution in [0.15, 0.2) is 24.3 Å². The number of hydrogen-bond donors (Lipinski definition) is 3. The van der Waals surface area contributed by atoms with Crippen molar-refractivity contribution in [3.05, 3.63) is 29.8 Å². The lowest BCUT2D eigenvalue weighted by Crippen LogP contribution is -2.32. The van der Waals surface area contributed by atoms with Gasteiger partial charge in [-0.15, -0.1) is 0 Å². The molecule has 8 heteroatoms. The molecule has 0 atom stereocenters. The van der Waals surface area contributed by atoms with Crippen molar-refractivity contribution in [3.63, 3.8) is 0 Å². The molecule has 3 rings (SSSR count). The number of carbonyl (C=O) groups excluding carboxylic acids is 1. The summed E-state index contributed by atoms with van der Waals surface area (Å²) in [6, 6.07) is 6.75. The molecule has 126 valence electrons. The van der Waals surface area contributed by atoms with Crippen LogP contribution in [0.25, 0.3) is 10.9 Å². The molecule has 1 saturated heterocycles. The molecule has 0 spiro atoms. The fraction of sp³-hybridized carbons (Fsp3) is 0.312. The third kappa shape index (κ3) is 3.17. The number of anilines is 1. The summed E-state index contributed by atoms with van der Waals surface area (Å²) in [7, 11) is 1.56. The lowest BCUT2D eigenvalue weighted by Gasteiger charge is -2.16. The zero-order chi connectivity index (χ0) is 17.1. The lowest BCUT2D eigenvalue weighted by molar-refractivity contribution is 0.0697. The van der Waals surface area contributed by atoms with E-state index in [1.165, 1.54) is 0 Å². The molecule has 0 saturated carbocycles. The summed E-state index contributed by atoms with van der Waals surface area (Å²) in [6.07, 6.45) is 0. The zero-order valence-electron chi connectivity index (χ0n) is 13.2. The average molecular weight is 330 g/mol. The van der Waals surface area contributed by atoms with E-state index in [1.54, 1.807) is 36.3 Å². The topological polar surface area (TPSA) is 104 Å². The van der Waals surface area contributed by atoms with Crippen molar-refractivity contribution in [1.29, 1.82) is 0 Å². The first kappa shape index (κ1) is 15.9. The Labute approximate surface area is 138 Å². The van der Waals surface area contributed by atoms with Gasteiger partial charge < -0.3 is 25.4 Å². The van der Waals surface area contributed by atoms with Crippen LogP contribution >= 0.6 is 0 Å². The number of benzene rings is 1. The van der Waals surface area contributed by atoms with Crippen LogP contribution in [-0.2, 0) is 0 Å². The zero-order valence-corrected chi connectivity index (χ0v) is 13.2. The molecule has 24 heavy (non-hydrogen) atoms. The second kappa shape index (κ2) is 6.61. The van der Waals surface area contributed by atoms with Gasteiger partial charge in [0.1, 0.15) is 17.1 Å². The maximum absolute atomic E-state index is 11.5. The van der Waals surface area contributed by atoms with Crippen molar-refractivity contribution in [2.75, 3.05) is 38.6 Å². The molecule has 1 aliphatic heterocycles. The van der Waals surface area contributed by atoms with Gasteiger partial charge >= 0.3 is 12.0 Å². The predicted octanol–water partition coefficient (Wildman–Crippen LogP) is 1.38. The van der Waals surface area contributed by atoms with Gasteiger partial charge in [0.15, 0.2) is 0 Å². The number of fused-ring (bicyclic) bond motifs is 1. The average Bonchev–Trinajstić information content (AvgIpc) is 2.98. The number of pyridine rings is 1. The van der Waals surface area contributed by atoms with Gasteiger partial charge in [-0.1, -0.05) is 0 Å². The number of carbonyl (C=O) groups is 2. The van der Waals surface area contributed by atoms with Crippen LogP contribution in [-0.4, -0.2) is 60.3 Å². The fourth-order valence-corrected chi connectivity index (χ4v) is 2.61. The number of aromatic carboxylic acids is 1. The van der Waals surface area contributed by atoms with Crippen LogP contribution in [0.3, 0.4) is 0 Å². The predicted molar refractivity (Wildman–Crippen MR) is 88.7 cm³/mol. The highest BCUT2D eigenvalue weighted by molar-refractivity contribution is 5.98. The van der Waals surface area contributed by atoms with Crippen molar-refractivity contribution in [2.45, 2.75) is 0 Å². The quantitative estimate of drug-likeness (QED) is 0.739. The molecule has 8 nitrogen and oxygen atoms in total. The number of ether oxygens (including phenoxy) is 1. The fourth-order valence-electron chi connectivity index (χ4n) is 2.61. The summed E-state index contributed by atoms with van der Waals surface area (Å²) in [4.78, 5) is 29.0. The van der Waals surface area contributed by atoms with E-state index in [1.807, 2.05) is 0 Å². The highest BCUT2D eigenvalue weighted by atomic mass is 16.5. The molecule has 2 aromatic rings. The van der Waals surface area contributed by atoms with Gasteiger partial charge in [0, 0.05) is 37.6 Å². The number of methoxy groups -OCH3 is 1. The summed E-state index contributed by atoms with van der Waals surface area (Å²) in [5.41, 5.74) is 0.735. The number of amides is 2. The first-order chi connectivity index (χ1) is 11.6. The van der Waals surface area contributed by atoms with Crippen molar-refractivity contribution in [3.8, 4) is 5.75 Å². The van der Waals surface area contributed by atoms with Crippen molar-refractivity contribution in [1.82, 2.24) is 15.2 Å². The Morgan fingerprint density at radius 2 is 2.29 bits per heavy atom. The largest absolute Gasteiger partial charge is 0.497 e. The molecule has 0 unspecified atom stereocenters. The van der Waals surface area contributed by atoms with Crippen LogP contribution in [0.4, 0.5) is 10.6 Å². The molecule has 2 amide bonds. The van der Waals surface area contributed by atoms with Crippen LogP contribution in [0, 0.1) is 0 Å². The van der Waals surface area contributed by atoms with Crippen LogP contribution in [0.5, 0.6) is 5.75 Å². The Bertz CT molecular complexity index is 793. The number of urea groups is 1. The molecular formula is C16H18N4O4. The summed E-state index contributed by atoms with van der Waals surface area (Å²) in [5, 5.41) is 15.9. The Morgan fingerprint density at radius 3 is 2.96 bits per heavy atom. The van der Waals surface area contributed by atoms with Gasteiger partial charge in [0.25, 0.3) is 0 Å². The van der Waals surface area contributed by atoms with E-state index in [-0.39, 0.29) is 17.4 Å². The lowest BCUT2D eigenvalue weighted by atomic mass is 10.1. The molecule has 0 aliphatic carbocycles. The van der Waals surface area contributed by atoms with E-state index in [0.29, 0.717) is 37.4 Å². The van der Waals surface area contributed by atoms with Crippen molar-refractivity contribution >= 4 is 28.7 Å². The summed E-state index contributed by atoms with van der Waals surface area (Å²) >= 11 is 0. The van der Waals surface area contributed by atoms with E-state index >= 15 is 0 Å². The standard InChI is InChI=1S/C16H18N4O4/c1-24-11-3-2-10-8-12(15(21)22)14(19-13(10)9-11)17-4-6-20-7-5-18-16(20)23/h2-3,8-9H,4-7H2,1H3,(H,17,19)(H,18,23)(H,21,22). The second-order valence-corrected chi connectivity index (χ2v) is 5.39. The van der Waals surface area contributed by atoms with Gasteiger partial charge in [-0.3, -0.25) is 0 Å². The van der Waals surface area contributed by atoms with Crippen LogP contribution in [0.1, 0.15) is 10.4 Å². The molecule has 3 N–H and O–H groups in total. The minimum Gasteiger partial charge on any atom is -0.497 e. The summed E-state index contributed by atoms with van der Waals surface area (Å²) < 4.78 is 5.17. The first-order valence-corrected chi connectivity index (χ1v) is 7.57. The Balaban J connectivity index is 1.82. The van der Waals surface area contributed by atoms with Gasteiger partial charge in [0.2, 0.25) is 0 Å². The molecule has 0 radical (unpaired) electrons.